The Labute approximate surface area is 179 Å². The molecular formula is C24H33N3O3. The Balaban J connectivity index is 1.73. The number of anilines is 3. The topological polar surface area (TPSA) is 79.5 Å². The molecule has 0 saturated heterocycles. The van der Waals surface area contributed by atoms with Crippen LogP contribution in [-0.2, 0) is 9.59 Å². The summed E-state index contributed by atoms with van der Waals surface area (Å²) in [4.78, 5) is 23.6. The first-order valence-corrected chi connectivity index (χ1v) is 10.8. The summed E-state index contributed by atoms with van der Waals surface area (Å²) in [6, 6.07) is 14.7. The van der Waals surface area contributed by atoms with Crippen LogP contribution in [0.1, 0.15) is 52.4 Å². The third kappa shape index (κ3) is 8.99. The highest BCUT2D eigenvalue weighted by Crippen LogP contribution is 2.18. The van der Waals surface area contributed by atoms with Crippen molar-refractivity contribution in [1.82, 2.24) is 0 Å². The molecule has 0 aliphatic rings. The molecule has 0 heterocycles. The van der Waals surface area contributed by atoms with Gasteiger partial charge in [0.25, 0.3) is 0 Å². The lowest BCUT2D eigenvalue weighted by Crippen LogP contribution is -2.21. The Morgan fingerprint density at radius 1 is 0.800 bits per heavy atom. The normalized spacial score (nSPS) is 10.3. The van der Waals surface area contributed by atoms with Crippen molar-refractivity contribution in [2.75, 3.05) is 29.1 Å². The molecule has 6 heteroatoms. The summed E-state index contributed by atoms with van der Waals surface area (Å²) in [6.45, 7) is 4.87. The van der Waals surface area contributed by atoms with E-state index in [1.165, 1.54) is 25.7 Å². The molecule has 0 aliphatic heterocycles. The number of amides is 2. The molecule has 0 fully saturated rings. The quantitative estimate of drug-likeness (QED) is 0.384. The van der Waals surface area contributed by atoms with Crippen molar-refractivity contribution < 1.29 is 14.3 Å². The fourth-order valence-corrected chi connectivity index (χ4v) is 2.87. The fourth-order valence-electron chi connectivity index (χ4n) is 2.87. The smallest absolute Gasteiger partial charge is 0.243 e. The number of rotatable bonds is 13. The Morgan fingerprint density at radius 2 is 1.47 bits per heavy atom. The maximum Gasteiger partial charge on any atom is 0.243 e. The largest absolute Gasteiger partial charge is 0.494 e. The van der Waals surface area contributed by atoms with E-state index in [2.05, 4.69) is 22.9 Å². The standard InChI is InChI=1S/C24H33N3O3/c1-3-5-6-7-8-16-30-22-11-9-10-21(17-22)25-18-24(29)27-20-14-12-19(13-15-20)26-23(28)4-2/h9-15,17,25H,3-8,16,18H2,1-2H3,(H,26,28)(H,27,29). The molecule has 0 bridgehead atoms. The second kappa shape index (κ2) is 13.2. The van der Waals surface area contributed by atoms with Crippen LogP contribution in [0.5, 0.6) is 5.75 Å². The van der Waals surface area contributed by atoms with Gasteiger partial charge in [-0.1, -0.05) is 45.6 Å². The summed E-state index contributed by atoms with van der Waals surface area (Å²) in [7, 11) is 0. The third-order valence-corrected chi connectivity index (χ3v) is 4.58. The lowest BCUT2D eigenvalue weighted by molar-refractivity contribution is -0.116. The van der Waals surface area contributed by atoms with Gasteiger partial charge < -0.3 is 20.7 Å². The summed E-state index contributed by atoms with van der Waals surface area (Å²) in [5.74, 6) is 0.613. The molecule has 0 atom stereocenters. The monoisotopic (exact) mass is 411 g/mol. The number of ether oxygens (including phenoxy) is 1. The van der Waals surface area contributed by atoms with E-state index in [9.17, 15) is 9.59 Å². The van der Waals surface area contributed by atoms with Crippen molar-refractivity contribution in [3.05, 3.63) is 48.5 Å². The molecule has 3 N–H and O–H groups in total. The molecule has 162 valence electrons. The molecule has 0 saturated carbocycles. The summed E-state index contributed by atoms with van der Waals surface area (Å²) < 4.78 is 5.81. The zero-order valence-electron chi connectivity index (χ0n) is 18.0. The van der Waals surface area contributed by atoms with E-state index in [4.69, 9.17) is 4.74 Å². The van der Waals surface area contributed by atoms with Crippen molar-refractivity contribution in [2.45, 2.75) is 52.4 Å². The molecule has 0 aliphatic carbocycles. The van der Waals surface area contributed by atoms with Crippen LogP contribution < -0.4 is 20.7 Å². The Kier molecular flexibility index (Phi) is 10.3. The third-order valence-electron chi connectivity index (χ3n) is 4.58. The van der Waals surface area contributed by atoms with E-state index in [1.807, 2.05) is 24.3 Å². The number of benzene rings is 2. The number of nitrogens with one attached hydrogen (secondary N) is 3. The highest BCUT2D eigenvalue weighted by molar-refractivity contribution is 5.94. The molecule has 2 aromatic carbocycles. The second-order valence-corrected chi connectivity index (χ2v) is 7.17. The molecule has 0 spiro atoms. The maximum atomic E-state index is 12.2. The first-order valence-electron chi connectivity index (χ1n) is 10.8. The van der Waals surface area contributed by atoms with Crippen LogP contribution in [0.15, 0.2) is 48.5 Å². The van der Waals surface area contributed by atoms with Gasteiger partial charge in [-0.2, -0.15) is 0 Å². The van der Waals surface area contributed by atoms with E-state index in [-0.39, 0.29) is 18.4 Å². The van der Waals surface area contributed by atoms with Gasteiger partial charge >= 0.3 is 0 Å². The SMILES string of the molecule is CCCCCCCOc1cccc(NCC(=O)Nc2ccc(NC(=O)CC)cc2)c1. The highest BCUT2D eigenvalue weighted by atomic mass is 16.5. The predicted octanol–water partition coefficient (Wildman–Crippen LogP) is 5.43. The minimum atomic E-state index is -0.150. The van der Waals surface area contributed by atoms with E-state index in [0.717, 1.165) is 17.9 Å². The molecule has 2 amide bonds. The van der Waals surface area contributed by atoms with E-state index in [0.29, 0.717) is 24.4 Å². The predicted molar refractivity (Wildman–Crippen MR) is 123 cm³/mol. The van der Waals surface area contributed by atoms with Crippen LogP contribution in [-0.4, -0.2) is 25.0 Å². The summed E-state index contributed by atoms with van der Waals surface area (Å²) in [6.07, 6.45) is 6.45. The van der Waals surface area contributed by atoms with Crippen molar-refractivity contribution in [3.8, 4) is 5.75 Å². The van der Waals surface area contributed by atoms with Gasteiger partial charge in [-0.3, -0.25) is 9.59 Å². The minimum absolute atomic E-state index is 0.0429. The van der Waals surface area contributed by atoms with E-state index < -0.39 is 0 Å². The summed E-state index contributed by atoms with van der Waals surface area (Å²) in [5, 5.41) is 8.73. The second-order valence-electron chi connectivity index (χ2n) is 7.17. The van der Waals surface area contributed by atoms with E-state index in [1.54, 1.807) is 31.2 Å². The van der Waals surface area contributed by atoms with Gasteiger partial charge in [0.15, 0.2) is 0 Å². The van der Waals surface area contributed by atoms with Crippen LogP contribution in [0.4, 0.5) is 17.1 Å². The molecule has 2 rings (SSSR count). The Morgan fingerprint density at radius 3 is 2.13 bits per heavy atom. The molecule has 0 aromatic heterocycles. The molecule has 30 heavy (non-hydrogen) atoms. The average Bonchev–Trinajstić information content (AvgIpc) is 2.76. The number of hydrogen-bond acceptors (Lipinski definition) is 4. The summed E-state index contributed by atoms with van der Waals surface area (Å²) in [5.41, 5.74) is 2.22. The van der Waals surface area contributed by atoms with Gasteiger partial charge in [-0.25, -0.2) is 0 Å². The van der Waals surface area contributed by atoms with Crippen LogP contribution in [0.3, 0.4) is 0 Å². The van der Waals surface area contributed by atoms with Crippen molar-refractivity contribution in [2.24, 2.45) is 0 Å². The number of carbonyl (C=O) groups is 2. The lowest BCUT2D eigenvalue weighted by Gasteiger charge is -2.11. The van der Waals surface area contributed by atoms with Crippen LogP contribution >= 0.6 is 0 Å². The zero-order chi connectivity index (χ0) is 21.6. The lowest BCUT2D eigenvalue weighted by atomic mass is 10.2. The molecular weight excluding hydrogens is 378 g/mol. The molecule has 0 unspecified atom stereocenters. The molecule has 6 nitrogen and oxygen atoms in total. The summed E-state index contributed by atoms with van der Waals surface area (Å²) >= 11 is 0. The average molecular weight is 412 g/mol. The van der Waals surface area contributed by atoms with Gasteiger partial charge in [0.2, 0.25) is 11.8 Å². The number of hydrogen-bond donors (Lipinski definition) is 3. The maximum absolute atomic E-state index is 12.2. The Hall–Kier alpha value is -3.02. The van der Waals surface area contributed by atoms with Crippen molar-refractivity contribution in [1.29, 1.82) is 0 Å². The highest BCUT2D eigenvalue weighted by Gasteiger charge is 2.04. The molecule has 2 aromatic rings. The van der Waals surface area contributed by atoms with Gasteiger partial charge in [0.05, 0.1) is 13.2 Å². The van der Waals surface area contributed by atoms with Gasteiger partial charge in [0.1, 0.15) is 5.75 Å². The zero-order valence-corrected chi connectivity index (χ0v) is 18.0. The van der Waals surface area contributed by atoms with Gasteiger partial charge in [-0.05, 0) is 42.8 Å². The first-order chi connectivity index (χ1) is 14.6. The number of unbranched alkanes of at least 4 members (excludes halogenated alkanes) is 4. The van der Waals surface area contributed by atoms with Crippen LogP contribution in [0.25, 0.3) is 0 Å². The van der Waals surface area contributed by atoms with Crippen LogP contribution in [0, 0.1) is 0 Å². The molecule has 0 radical (unpaired) electrons. The van der Waals surface area contributed by atoms with Crippen LogP contribution in [0.2, 0.25) is 0 Å². The van der Waals surface area contributed by atoms with Gasteiger partial charge in [-0.15, -0.1) is 0 Å². The van der Waals surface area contributed by atoms with E-state index >= 15 is 0 Å². The number of carbonyl (C=O) groups excluding carboxylic acids is 2. The first kappa shape index (κ1) is 23.3. The van der Waals surface area contributed by atoms with Crippen molar-refractivity contribution in [3.63, 3.8) is 0 Å². The minimum Gasteiger partial charge on any atom is -0.494 e. The van der Waals surface area contributed by atoms with Crippen molar-refractivity contribution >= 4 is 28.9 Å². The Bertz CT molecular complexity index is 791. The fraction of sp³-hybridized carbons (Fsp3) is 0.417. The van der Waals surface area contributed by atoms with Gasteiger partial charge in [0, 0.05) is 29.5 Å².